The molecule has 0 aromatic heterocycles. The Hall–Kier alpha value is -1.63. The van der Waals surface area contributed by atoms with E-state index >= 15 is 0 Å². The van der Waals surface area contributed by atoms with Gasteiger partial charge < -0.3 is 5.73 Å². The zero-order valence-corrected chi connectivity index (χ0v) is 13.5. The summed E-state index contributed by atoms with van der Waals surface area (Å²) in [7, 11) is -3.83. The second-order valence-corrected chi connectivity index (χ2v) is 6.95. The van der Waals surface area contributed by atoms with Crippen molar-refractivity contribution in [3.63, 3.8) is 0 Å². The molecule has 0 bridgehead atoms. The minimum Gasteiger partial charge on any atom is -0.389 e. The lowest BCUT2D eigenvalue weighted by Gasteiger charge is -2.12. The van der Waals surface area contributed by atoms with Gasteiger partial charge in [-0.25, -0.2) is 8.42 Å². The number of aryl methyl sites for hydroxylation is 1. The molecule has 2 aromatic carbocycles. The van der Waals surface area contributed by atoms with E-state index in [2.05, 4.69) is 4.72 Å². The molecule has 0 spiro atoms. The van der Waals surface area contributed by atoms with Crippen molar-refractivity contribution in [3.05, 3.63) is 58.6 Å². The SMILES string of the molecule is Cc1ccc(NS(=O)(=O)c2ccccc2C(N)=S)c(Cl)c1. The highest BCUT2D eigenvalue weighted by Crippen LogP contribution is 2.26. The van der Waals surface area contributed by atoms with Crippen LogP contribution in [0.5, 0.6) is 0 Å². The number of hydrogen-bond donors (Lipinski definition) is 2. The van der Waals surface area contributed by atoms with Crippen molar-refractivity contribution in [2.24, 2.45) is 5.73 Å². The van der Waals surface area contributed by atoms with Gasteiger partial charge in [0.2, 0.25) is 0 Å². The molecule has 7 heteroatoms. The minimum atomic E-state index is -3.83. The van der Waals surface area contributed by atoms with E-state index < -0.39 is 10.0 Å². The van der Waals surface area contributed by atoms with E-state index in [1.165, 1.54) is 6.07 Å². The summed E-state index contributed by atoms with van der Waals surface area (Å²) in [6, 6.07) is 11.3. The summed E-state index contributed by atoms with van der Waals surface area (Å²) in [5.41, 5.74) is 7.10. The Kier molecular flexibility index (Phi) is 4.51. The van der Waals surface area contributed by atoms with Gasteiger partial charge in [0.1, 0.15) is 4.99 Å². The summed E-state index contributed by atoms with van der Waals surface area (Å²) in [6.07, 6.45) is 0. The fourth-order valence-electron chi connectivity index (χ4n) is 1.81. The molecule has 3 N–H and O–H groups in total. The lowest BCUT2D eigenvalue weighted by molar-refractivity contribution is 0.601. The maximum absolute atomic E-state index is 12.5. The average molecular weight is 341 g/mol. The van der Waals surface area contributed by atoms with Crippen LogP contribution in [-0.2, 0) is 10.0 Å². The molecule has 2 aromatic rings. The van der Waals surface area contributed by atoms with Crippen molar-refractivity contribution in [3.8, 4) is 0 Å². The molecule has 0 saturated carbocycles. The summed E-state index contributed by atoms with van der Waals surface area (Å²) in [4.78, 5) is 0.0418. The average Bonchev–Trinajstić information content (AvgIpc) is 2.42. The lowest BCUT2D eigenvalue weighted by Crippen LogP contribution is -2.19. The third kappa shape index (κ3) is 3.53. The van der Waals surface area contributed by atoms with Gasteiger partial charge in [-0.3, -0.25) is 4.72 Å². The van der Waals surface area contributed by atoms with E-state index in [1.54, 1.807) is 36.4 Å². The molecule has 0 aliphatic rings. The van der Waals surface area contributed by atoms with Crippen molar-refractivity contribution in [1.82, 2.24) is 0 Å². The zero-order chi connectivity index (χ0) is 15.6. The quantitative estimate of drug-likeness (QED) is 0.839. The maximum atomic E-state index is 12.5. The third-order valence-corrected chi connectivity index (χ3v) is 4.77. The normalized spacial score (nSPS) is 11.1. The lowest BCUT2D eigenvalue weighted by atomic mass is 10.2. The Morgan fingerprint density at radius 2 is 1.90 bits per heavy atom. The zero-order valence-electron chi connectivity index (χ0n) is 11.1. The topological polar surface area (TPSA) is 72.2 Å². The number of halogens is 1. The predicted molar refractivity (Wildman–Crippen MR) is 89.3 cm³/mol. The van der Waals surface area contributed by atoms with Crippen molar-refractivity contribution in [2.75, 3.05) is 4.72 Å². The summed E-state index contributed by atoms with van der Waals surface area (Å²) >= 11 is 10.9. The van der Waals surface area contributed by atoms with Gasteiger partial charge in [0.15, 0.2) is 0 Å². The Morgan fingerprint density at radius 3 is 2.52 bits per heavy atom. The molecule has 0 radical (unpaired) electrons. The van der Waals surface area contributed by atoms with E-state index in [1.807, 2.05) is 6.92 Å². The summed E-state index contributed by atoms with van der Waals surface area (Å²) in [5, 5.41) is 0.325. The van der Waals surface area contributed by atoms with Gasteiger partial charge in [-0.2, -0.15) is 0 Å². The molecule has 0 fully saturated rings. The molecule has 21 heavy (non-hydrogen) atoms. The van der Waals surface area contributed by atoms with E-state index in [-0.39, 0.29) is 9.88 Å². The Morgan fingerprint density at radius 1 is 1.24 bits per heavy atom. The Balaban J connectivity index is 2.46. The van der Waals surface area contributed by atoms with Gasteiger partial charge in [-0.05, 0) is 30.7 Å². The van der Waals surface area contributed by atoms with Crippen LogP contribution in [0.25, 0.3) is 0 Å². The Labute approximate surface area is 134 Å². The highest BCUT2D eigenvalue weighted by Gasteiger charge is 2.20. The number of anilines is 1. The summed E-state index contributed by atoms with van der Waals surface area (Å²) in [6.45, 7) is 1.87. The number of sulfonamides is 1. The third-order valence-electron chi connectivity index (χ3n) is 2.81. The molecule has 0 amide bonds. The van der Waals surface area contributed by atoms with Crippen LogP contribution in [0.15, 0.2) is 47.4 Å². The van der Waals surface area contributed by atoms with Crippen LogP contribution in [0.4, 0.5) is 5.69 Å². The molecule has 110 valence electrons. The number of nitrogens with two attached hydrogens (primary N) is 1. The van der Waals surface area contributed by atoms with Crippen LogP contribution < -0.4 is 10.5 Å². The van der Waals surface area contributed by atoms with E-state index in [0.717, 1.165) is 5.56 Å². The van der Waals surface area contributed by atoms with Gasteiger partial charge in [-0.15, -0.1) is 0 Å². The van der Waals surface area contributed by atoms with Crippen LogP contribution in [0.2, 0.25) is 5.02 Å². The van der Waals surface area contributed by atoms with Crippen molar-refractivity contribution < 1.29 is 8.42 Å². The first-order valence-corrected chi connectivity index (χ1v) is 8.26. The fraction of sp³-hybridized carbons (Fsp3) is 0.0714. The largest absolute Gasteiger partial charge is 0.389 e. The van der Waals surface area contributed by atoms with E-state index in [4.69, 9.17) is 29.6 Å². The van der Waals surface area contributed by atoms with Gasteiger partial charge in [-0.1, -0.05) is 48.1 Å². The smallest absolute Gasteiger partial charge is 0.262 e. The van der Waals surface area contributed by atoms with E-state index in [0.29, 0.717) is 16.3 Å². The number of rotatable bonds is 4. The second kappa shape index (κ2) is 6.01. The van der Waals surface area contributed by atoms with Gasteiger partial charge in [0.05, 0.1) is 15.6 Å². The van der Waals surface area contributed by atoms with Crippen LogP contribution in [-0.4, -0.2) is 13.4 Å². The van der Waals surface area contributed by atoms with Crippen molar-refractivity contribution in [1.29, 1.82) is 0 Å². The standard InChI is InChI=1S/C14H13ClN2O2S2/c1-9-6-7-12(11(15)8-9)17-21(18,19)13-5-3-2-4-10(13)14(16)20/h2-8,17H,1H3,(H2,16,20). The van der Waals surface area contributed by atoms with Crippen molar-refractivity contribution >= 4 is 44.5 Å². The molecule has 0 aliphatic carbocycles. The second-order valence-electron chi connectivity index (χ2n) is 4.45. The highest BCUT2D eigenvalue weighted by molar-refractivity contribution is 7.93. The molecular weight excluding hydrogens is 328 g/mol. The first-order chi connectivity index (χ1) is 9.81. The first kappa shape index (κ1) is 15.8. The molecule has 4 nitrogen and oxygen atoms in total. The fourth-order valence-corrected chi connectivity index (χ4v) is 3.69. The molecule has 0 unspecified atom stereocenters. The summed E-state index contributed by atoms with van der Waals surface area (Å²) in [5.74, 6) is 0. The maximum Gasteiger partial charge on any atom is 0.262 e. The first-order valence-electron chi connectivity index (χ1n) is 5.99. The summed E-state index contributed by atoms with van der Waals surface area (Å²) < 4.78 is 27.4. The molecule has 2 rings (SSSR count). The number of nitrogens with one attached hydrogen (secondary N) is 1. The molecule has 0 saturated heterocycles. The van der Waals surface area contributed by atoms with Gasteiger partial charge in [0, 0.05) is 5.56 Å². The molecular formula is C14H13ClN2O2S2. The predicted octanol–water partition coefficient (Wildman–Crippen LogP) is 3.08. The van der Waals surface area contributed by atoms with E-state index in [9.17, 15) is 8.42 Å². The molecule has 0 atom stereocenters. The van der Waals surface area contributed by atoms with Crippen LogP contribution in [0.1, 0.15) is 11.1 Å². The van der Waals surface area contributed by atoms with Crippen molar-refractivity contribution in [2.45, 2.75) is 11.8 Å². The number of thiocarbonyl (C=S) groups is 1. The molecule has 0 aliphatic heterocycles. The van der Waals surface area contributed by atoms with Crippen LogP contribution in [0.3, 0.4) is 0 Å². The monoisotopic (exact) mass is 340 g/mol. The van der Waals surface area contributed by atoms with Gasteiger partial charge >= 0.3 is 0 Å². The van der Waals surface area contributed by atoms with Gasteiger partial charge in [0.25, 0.3) is 10.0 Å². The minimum absolute atomic E-state index is 0.0194. The Bertz CT molecular complexity index is 804. The van der Waals surface area contributed by atoms with Crippen LogP contribution in [0, 0.1) is 6.92 Å². The molecule has 0 heterocycles. The van der Waals surface area contributed by atoms with Crippen LogP contribution >= 0.6 is 23.8 Å². The highest BCUT2D eigenvalue weighted by atomic mass is 35.5. The number of benzene rings is 2. The number of hydrogen-bond acceptors (Lipinski definition) is 3.